The van der Waals surface area contributed by atoms with Gasteiger partial charge in [0, 0.05) is 0 Å². The van der Waals surface area contributed by atoms with Crippen molar-refractivity contribution in [2.75, 3.05) is 0 Å². The number of aryl methyl sites for hydroxylation is 2. The van der Waals surface area contributed by atoms with Gasteiger partial charge in [0.05, 0.1) is 5.56 Å². The predicted molar refractivity (Wildman–Crippen MR) is 128 cm³/mol. The summed E-state index contributed by atoms with van der Waals surface area (Å²) in [6.45, 7) is 13.3. The van der Waals surface area contributed by atoms with E-state index >= 15 is 0 Å². The van der Waals surface area contributed by atoms with Crippen LogP contribution in [0.2, 0.25) is 13.1 Å². The fraction of sp³-hybridized carbons (Fsp3) is 0.259. The second-order valence-corrected chi connectivity index (χ2v) is 17.5. The van der Waals surface area contributed by atoms with Crippen molar-refractivity contribution < 1.29 is 36.5 Å². The first kappa shape index (κ1) is 26.5. The van der Waals surface area contributed by atoms with Crippen LogP contribution in [0.5, 0.6) is 0 Å². The van der Waals surface area contributed by atoms with Gasteiger partial charge in [-0.15, -0.1) is 46.7 Å². The minimum atomic E-state index is -4.34. The molecule has 0 aliphatic rings. The number of fused-ring (bicyclic) bond motifs is 1. The van der Waals surface area contributed by atoms with Crippen molar-refractivity contribution in [2.24, 2.45) is 0 Å². The topological polar surface area (TPSA) is 0 Å². The molecule has 0 amide bonds. The number of hydrogen-bond donors (Lipinski definition) is 0. The van der Waals surface area contributed by atoms with E-state index in [0.29, 0.717) is 5.56 Å². The molecule has 0 atom stereocenters. The predicted octanol–water partition coefficient (Wildman–Crippen LogP) is 8.67. The van der Waals surface area contributed by atoms with Crippen LogP contribution in [0.25, 0.3) is 21.9 Å². The Bertz CT molecular complexity index is 1170. The Kier molecular flexibility index (Phi) is 9.48. The average molecular weight is 530 g/mol. The van der Waals surface area contributed by atoms with Crippen molar-refractivity contribution in [1.82, 2.24) is 0 Å². The van der Waals surface area contributed by atoms with Gasteiger partial charge < -0.3 is 0 Å². The maximum Gasteiger partial charge on any atom is 0.416 e. The molecule has 4 aromatic rings. The van der Waals surface area contributed by atoms with Gasteiger partial charge in [-0.3, -0.25) is 0 Å². The zero-order chi connectivity index (χ0) is 24.1. The summed E-state index contributed by atoms with van der Waals surface area (Å²) in [5.41, 5.74) is 6.23. The normalized spacial score (nSPS) is 10.8. The molecule has 0 heterocycles. The van der Waals surface area contributed by atoms with Gasteiger partial charge in [0.25, 0.3) is 0 Å². The third-order valence-electron chi connectivity index (χ3n) is 5.38. The second-order valence-electron chi connectivity index (χ2n) is 8.14. The van der Waals surface area contributed by atoms with Gasteiger partial charge >= 0.3 is 48.0 Å². The van der Waals surface area contributed by atoms with E-state index in [2.05, 4.69) is 46.9 Å². The van der Waals surface area contributed by atoms with Gasteiger partial charge in [-0.05, 0) is 0 Å². The zero-order valence-corrected chi connectivity index (χ0v) is 22.9. The molecule has 0 fully saturated rings. The number of hydrogen-bond acceptors (Lipinski definition) is 0. The van der Waals surface area contributed by atoms with Crippen molar-refractivity contribution in [3.63, 3.8) is 0 Å². The third kappa shape index (κ3) is 6.89. The van der Waals surface area contributed by atoms with E-state index in [1.54, 1.807) is 35.5 Å². The van der Waals surface area contributed by atoms with Crippen LogP contribution in [0.3, 0.4) is 0 Å². The van der Waals surface area contributed by atoms with E-state index in [1.165, 1.54) is 34.4 Å². The molecule has 0 saturated carbocycles. The van der Waals surface area contributed by atoms with E-state index in [1.807, 2.05) is 30.3 Å². The summed E-state index contributed by atoms with van der Waals surface area (Å²) in [5, 5.41) is 1.80. The minimum absolute atomic E-state index is 0.210. The van der Waals surface area contributed by atoms with Crippen LogP contribution >= 0.6 is 0 Å². The van der Waals surface area contributed by atoms with Crippen LogP contribution in [0.1, 0.15) is 27.8 Å². The first-order chi connectivity index (χ1) is 14.9. The van der Waals surface area contributed by atoms with Gasteiger partial charge in [0.1, 0.15) is 0 Å². The smallest absolute Gasteiger partial charge is 0.196 e. The Labute approximate surface area is 204 Å². The fourth-order valence-electron chi connectivity index (χ4n) is 3.48. The fourth-order valence-corrected chi connectivity index (χ4v) is 3.48. The van der Waals surface area contributed by atoms with Crippen LogP contribution in [-0.2, 0) is 29.5 Å². The number of alkyl halides is 3. The summed E-state index contributed by atoms with van der Waals surface area (Å²) in [6, 6.07) is 19.0. The summed E-state index contributed by atoms with van der Waals surface area (Å²) >= 11 is 1.74. The van der Waals surface area contributed by atoms with Crippen LogP contribution < -0.4 is 0 Å². The molecule has 0 nitrogen and oxygen atoms in total. The van der Waals surface area contributed by atoms with Crippen LogP contribution in [0.4, 0.5) is 13.2 Å². The molecule has 0 spiro atoms. The molecule has 0 radical (unpaired) electrons. The van der Waals surface area contributed by atoms with Crippen LogP contribution in [-0.4, -0.2) is 5.43 Å². The maximum absolute atomic E-state index is 13.0. The Balaban J connectivity index is 0.000000233. The van der Waals surface area contributed by atoms with Crippen molar-refractivity contribution >= 4 is 16.2 Å². The van der Waals surface area contributed by atoms with E-state index < -0.39 is 11.7 Å². The SMILES string of the molecule is C[Si](C)=[Zr+2].Cc1[cH-]c(C)c(C)c1C.FC(F)(F)c1ccccc1-c1c[cH-]c2ccccc12. The zero-order valence-electron chi connectivity index (χ0n) is 19.5. The van der Waals surface area contributed by atoms with Gasteiger partial charge in [0.2, 0.25) is 0 Å². The Morgan fingerprint density at radius 3 is 1.78 bits per heavy atom. The molecule has 32 heavy (non-hydrogen) atoms. The van der Waals surface area contributed by atoms with E-state index in [-0.39, 0.29) is 11.0 Å². The third-order valence-corrected chi connectivity index (χ3v) is 5.38. The molecule has 4 rings (SSSR count). The Hall–Kier alpha value is -1.71. The largest absolute Gasteiger partial charge is 0.416 e. The minimum Gasteiger partial charge on any atom is -0.196 e. The first-order valence-electron chi connectivity index (χ1n) is 10.5. The molecule has 4 aromatic carbocycles. The maximum atomic E-state index is 13.0. The number of halogens is 3. The van der Waals surface area contributed by atoms with Crippen molar-refractivity contribution in [2.45, 2.75) is 47.0 Å². The van der Waals surface area contributed by atoms with Crippen molar-refractivity contribution in [1.29, 1.82) is 0 Å². The van der Waals surface area contributed by atoms with E-state index in [4.69, 9.17) is 0 Å². The standard InChI is InChI=1S/C16H10F3.C9H13.C2H6Si.Zr/c17-16(18,19)15-8-4-3-7-14(15)13-10-9-11-5-1-2-6-12(11)13;1-6-5-7(2)9(4)8(6)3;1-3-2;/h1-10H;5H,1-4H3;1-2H3;/q2*-1;;+2. The molecule has 0 aromatic heterocycles. The van der Waals surface area contributed by atoms with Crippen LogP contribution in [0.15, 0.2) is 66.7 Å². The van der Waals surface area contributed by atoms with Crippen molar-refractivity contribution in [3.8, 4) is 11.1 Å². The molecule has 0 aliphatic heterocycles. The summed E-state index contributed by atoms with van der Waals surface area (Å²) in [7, 11) is 0. The number of rotatable bonds is 1. The molecule has 5 heteroatoms. The van der Waals surface area contributed by atoms with E-state index in [9.17, 15) is 13.2 Å². The Morgan fingerprint density at radius 1 is 0.781 bits per heavy atom. The Morgan fingerprint density at radius 2 is 1.28 bits per heavy atom. The van der Waals surface area contributed by atoms with Gasteiger partial charge in [-0.2, -0.15) is 41.5 Å². The molecule has 0 N–H and O–H groups in total. The first-order valence-corrected chi connectivity index (χ1v) is 16.6. The summed E-state index contributed by atoms with van der Waals surface area (Å²) < 4.78 is 39.1. The average Bonchev–Trinajstić information content (AvgIpc) is 3.24. The van der Waals surface area contributed by atoms with E-state index in [0.717, 1.165) is 16.8 Å². The quantitative estimate of drug-likeness (QED) is 0.171. The van der Waals surface area contributed by atoms with Gasteiger partial charge in [-0.25, -0.2) is 0 Å². The van der Waals surface area contributed by atoms with Gasteiger partial charge in [-0.1, -0.05) is 63.6 Å². The molecule has 0 aliphatic carbocycles. The number of benzene rings is 2. The molecule has 0 unspecified atom stereocenters. The molecular formula is C27H29F3SiZr. The van der Waals surface area contributed by atoms with Crippen LogP contribution in [0, 0.1) is 27.7 Å². The summed E-state index contributed by atoms with van der Waals surface area (Å²) in [5.74, 6) is 0. The molecule has 166 valence electrons. The van der Waals surface area contributed by atoms with Gasteiger partial charge in [0.15, 0.2) is 0 Å². The van der Waals surface area contributed by atoms with Crippen molar-refractivity contribution in [3.05, 3.63) is 94.5 Å². The second kappa shape index (κ2) is 11.4. The molecular weight excluding hydrogens is 501 g/mol. The molecule has 0 saturated heterocycles. The summed E-state index contributed by atoms with van der Waals surface area (Å²) in [4.78, 5) is 0. The molecule has 0 bridgehead atoms. The summed E-state index contributed by atoms with van der Waals surface area (Å²) in [6.07, 6.45) is -4.34. The monoisotopic (exact) mass is 528 g/mol.